The zero-order valence-corrected chi connectivity index (χ0v) is 9.11. The van der Waals surface area contributed by atoms with Gasteiger partial charge in [0.2, 0.25) is 0 Å². The van der Waals surface area contributed by atoms with Gasteiger partial charge in [0.1, 0.15) is 0 Å². The SMILES string of the molecule is C[C@@H]1CN(C[C@H]2CCCO2)CC[C@H]1N. The van der Waals surface area contributed by atoms with Crippen LogP contribution >= 0.6 is 0 Å². The second kappa shape index (κ2) is 4.60. The van der Waals surface area contributed by atoms with Gasteiger partial charge in [-0.1, -0.05) is 6.92 Å². The lowest BCUT2D eigenvalue weighted by atomic mass is 9.94. The fourth-order valence-corrected chi connectivity index (χ4v) is 2.49. The molecule has 0 saturated carbocycles. The lowest BCUT2D eigenvalue weighted by molar-refractivity contribution is 0.0548. The number of hydrogen-bond acceptors (Lipinski definition) is 3. The summed E-state index contributed by atoms with van der Waals surface area (Å²) in [7, 11) is 0. The number of piperidine rings is 1. The molecule has 14 heavy (non-hydrogen) atoms. The van der Waals surface area contributed by atoms with Gasteiger partial charge in [-0.2, -0.15) is 0 Å². The van der Waals surface area contributed by atoms with E-state index in [4.69, 9.17) is 10.5 Å². The smallest absolute Gasteiger partial charge is 0.0702 e. The van der Waals surface area contributed by atoms with Crippen molar-refractivity contribution in [1.82, 2.24) is 4.90 Å². The topological polar surface area (TPSA) is 38.5 Å². The van der Waals surface area contributed by atoms with Gasteiger partial charge in [0, 0.05) is 25.7 Å². The molecule has 0 spiro atoms. The zero-order valence-electron chi connectivity index (χ0n) is 9.11. The molecule has 2 saturated heterocycles. The summed E-state index contributed by atoms with van der Waals surface area (Å²) in [5, 5.41) is 0. The molecule has 3 nitrogen and oxygen atoms in total. The van der Waals surface area contributed by atoms with Gasteiger partial charge in [-0.05, 0) is 31.7 Å². The fourth-order valence-electron chi connectivity index (χ4n) is 2.49. The first-order chi connectivity index (χ1) is 6.75. The minimum atomic E-state index is 0.413. The molecule has 0 aromatic rings. The maximum Gasteiger partial charge on any atom is 0.0702 e. The number of nitrogens with zero attached hydrogens (tertiary/aromatic N) is 1. The van der Waals surface area contributed by atoms with Crippen molar-refractivity contribution in [2.75, 3.05) is 26.2 Å². The normalized spacial score (nSPS) is 40.3. The minimum absolute atomic E-state index is 0.413. The van der Waals surface area contributed by atoms with E-state index in [2.05, 4.69) is 11.8 Å². The summed E-state index contributed by atoms with van der Waals surface area (Å²) in [6.07, 6.45) is 4.13. The molecule has 0 unspecified atom stereocenters. The summed E-state index contributed by atoms with van der Waals surface area (Å²) >= 11 is 0. The van der Waals surface area contributed by atoms with Gasteiger partial charge >= 0.3 is 0 Å². The highest BCUT2D eigenvalue weighted by Gasteiger charge is 2.26. The zero-order chi connectivity index (χ0) is 9.97. The first-order valence-electron chi connectivity index (χ1n) is 5.85. The van der Waals surface area contributed by atoms with Crippen LogP contribution in [0.2, 0.25) is 0 Å². The van der Waals surface area contributed by atoms with Gasteiger partial charge in [0.25, 0.3) is 0 Å². The van der Waals surface area contributed by atoms with Crippen LogP contribution in [0.5, 0.6) is 0 Å². The number of hydrogen-bond donors (Lipinski definition) is 1. The van der Waals surface area contributed by atoms with E-state index >= 15 is 0 Å². The van der Waals surface area contributed by atoms with Crippen molar-refractivity contribution in [2.24, 2.45) is 11.7 Å². The Bertz CT molecular complexity index is 180. The van der Waals surface area contributed by atoms with E-state index in [1.807, 2.05) is 0 Å². The number of ether oxygens (including phenoxy) is 1. The highest BCUT2D eigenvalue weighted by molar-refractivity contribution is 4.82. The third kappa shape index (κ3) is 2.47. The fraction of sp³-hybridized carbons (Fsp3) is 1.00. The largest absolute Gasteiger partial charge is 0.377 e. The van der Waals surface area contributed by atoms with Crippen molar-refractivity contribution in [3.63, 3.8) is 0 Å². The van der Waals surface area contributed by atoms with Gasteiger partial charge in [-0.15, -0.1) is 0 Å². The molecule has 0 aromatic carbocycles. The summed E-state index contributed by atoms with van der Waals surface area (Å²) in [5.74, 6) is 0.644. The van der Waals surface area contributed by atoms with E-state index in [0.29, 0.717) is 18.1 Å². The van der Waals surface area contributed by atoms with Crippen LogP contribution in [0, 0.1) is 5.92 Å². The Morgan fingerprint density at radius 3 is 2.93 bits per heavy atom. The highest BCUT2D eigenvalue weighted by Crippen LogP contribution is 2.18. The second-order valence-corrected chi connectivity index (χ2v) is 4.82. The molecule has 0 aromatic heterocycles. The first kappa shape index (κ1) is 10.4. The monoisotopic (exact) mass is 198 g/mol. The molecule has 2 fully saturated rings. The van der Waals surface area contributed by atoms with E-state index < -0.39 is 0 Å². The molecule has 0 aliphatic carbocycles. The van der Waals surface area contributed by atoms with Crippen molar-refractivity contribution >= 4 is 0 Å². The lowest BCUT2D eigenvalue weighted by Crippen LogP contribution is -2.47. The molecular formula is C11H22N2O. The molecule has 2 N–H and O–H groups in total. The summed E-state index contributed by atoms with van der Waals surface area (Å²) < 4.78 is 5.64. The van der Waals surface area contributed by atoms with Gasteiger partial charge in [-0.3, -0.25) is 0 Å². The molecule has 3 heteroatoms. The van der Waals surface area contributed by atoms with E-state index in [1.165, 1.54) is 12.8 Å². The van der Waals surface area contributed by atoms with Crippen LogP contribution in [0.3, 0.4) is 0 Å². The van der Waals surface area contributed by atoms with Crippen molar-refractivity contribution in [3.8, 4) is 0 Å². The third-order valence-electron chi connectivity index (χ3n) is 3.54. The molecule has 0 radical (unpaired) electrons. The standard InChI is InChI=1S/C11H22N2O/c1-9-7-13(5-4-11(9)12)8-10-3-2-6-14-10/h9-11H,2-8,12H2,1H3/t9-,10-,11-/m1/s1. The van der Waals surface area contributed by atoms with Crippen LogP contribution in [-0.4, -0.2) is 43.3 Å². The van der Waals surface area contributed by atoms with Gasteiger partial charge in [0.15, 0.2) is 0 Å². The van der Waals surface area contributed by atoms with E-state index in [9.17, 15) is 0 Å². The summed E-state index contributed by atoms with van der Waals surface area (Å²) in [6, 6.07) is 0.413. The Morgan fingerprint density at radius 1 is 1.43 bits per heavy atom. The van der Waals surface area contributed by atoms with Crippen molar-refractivity contribution in [3.05, 3.63) is 0 Å². The summed E-state index contributed by atoms with van der Waals surface area (Å²) in [4.78, 5) is 2.52. The molecule has 0 bridgehead atoms. The Labute approximate surface area is 86.6 Å². The van der Waals surface area contributed by atoms with Gasteiger partial charge in [-0.25, -0.2) is 0 Å². The van der Waals surface area contributed by atoms with Crippen molar-refractivity contribution in [1.29, 1.82) is 0 Å². The molecule has 2 heterocycles. The Kier molecular flexibility index (Phi) is 3.42. The number of nitrogens with two attached hydrogens (primary N) is 1. The van der Waals surface area contributed by atoms with Crippen molar-refractivity contribution < 1.29 is 4.74 Å². The van der Waals surface area contributed by atoms with Crippen molar-refractivity contribution in [2.45, 2.75) is 38.3 Å². The van der Waals surface area contributed by atoms with E-state index in [1.54, 1.807) is 0 Å². The van der Waals surface area contributed by atoms with Crippen LogP contribution < -0.4 is 5.73 Å². The summed E-state index contributed by atoms with van der Waals surface area (Å²) in [5.41, 5.74) is 5.99. The van der Waals surface area contributed by atoms with Crippen LogP contribution in [0.4, 0.5) is 0 Å². The van der Waals surface area contributed by atoms with Gasteiger partial charge < -0.3 is 15.4 Å². The Morgan fingerprint density at radius 2 is 2.29 bits per heavy atom. The first-order valence-corrected chi connectivity index (χ1v) is 5.85. The molecular weight excluding hydrogens is 176 g/mol. The predicted octanol–water partition coefficient (Wildman–Crippen LogP) is 0.835. The maximum atomic E-state index is 5.99. The predicted molar refractivity (Wildman–Crippen MR) is 57.2 cm³/mol. The van der Waals surface area contributed by atoms with E-state index in [0.717, 1.165) is 32.7 Å². The number of rotatable bonds is 2. The highest BCUT2D eigenvalue weighted by atomic mass is 16.5. The molecule has 82 valence electrons. The van der Waals surface area contributed by atoms with E-state index in [-0.39, 0.29) is 0 Å². The minimum Gasteiger partial charge on any atom is -0.377 e. The lowest BCUT2D eigenvalue weighted by Gasteiger charge is -2.36. The van der Waals surface area contributed by atoms with Gasteiger partial charge in [0.05, 0.1) is 6.10 Å². The number of likely N-dealkylation sites (tertiary alicyclic amines) is 1. The third-order valence-corrected chi connectivity index (χ3v) is 3.54. The van der Waals surface area contributed by atoms with Crippen LogP contribution in [0.1, 0.15) is 26.2 Å². The van der Waals surface area contributed by atoms with Crippen LogP contribution in [0.15, 0.2) is 0 Å². The maximum absolute atomic E-state index is 5.99. The average Bonchev–Trinajstić information content (AvgIpc) is 2.64. The van der Waals surface area contributed by atoms with Crippen LogP contribution in [-0.2, 0) is 4.74 Å². The second-order valence-electron chi connectivity index (χ2n) is 4.82. The quantitative estimate of drug-likeness (QED) is 0.714. The molecule has 2 rings (SSSR count). The molecule has 0 amide bonds. The molecule has 3 atom stereocenters. The summed E-state index contributed by atoms with van der Waals surface area (Å²) in [6.45, 7) is 6.66. The molecule has 2 aliphatic rings. The Balaban J connectivity index is 1.75. The van der Waals surface area contributed by atoms with Crippen LogP contribution in [0.25, 0.3) is 0 Å². The average molecular weight is 198 g/mol. The molecule has 2 aliphatic heterocycles. The Hall–Kier alpha value is -0.120.